The molecule has 122 valence electrons. The Morgan fingerprint density at radius 3 is 1.60 bits per heavy atom. The van der Waals surface area contributed by atoms with Crippen molar-refractivity contribution in [3.8, 4) is 0 Å². The third-order valence-electron chi connectivity index (χ3n) is 3.95. The number of rotatable bonds is 16. The maximum Gasteiger partial charge on any atom is 0.0524 e. The minimum Gasteiger partial charge on any atom is -0.393 e. The molecule has 0 aliphatic heterocycles. The molecule has 0 saturated heterocycles. The molecule has 1 atom stereocenters. The molecular formula is C18H39NO. The molecule has 0 rings (SSSR count). The number of aliphatic hydroxyl groups excluding tert-OH is 1. The molecule has 0 bridgehead atoms. The first-order valence-electron chi connectivity index (χ1n) is 9.16. The molecule has 0 aromatic heterocycles. The molecule has 0 aromatic rings. The lowest BCUT2D eigenvalue weighted by atomic mass is 10.1. The van der Waals surface area contributed by atoms with Crippen LogP contribution >= 0.6 is 0 Å². The number of unbranched alkanes of at least 4 members (excludes halogenated alkanes) is 11. The predicted molar refractivity (Wildman–Crippen MR) is 90.2 cm³/mol. The van der Waals surface area contributed by atoms with E-state index in [4.69, 9.17) is 5.11 Å². The van der Waals surface area contributed by atoms with Crippen LogP contribution in [0.2, 0.25) is 0 Å². The topological polar surface area (TPSA) is 32.3 Å². The van der Waals surface area contributed by atoms with Crippen LogP contribution in [0.4, 0.5) is 0 Å². The molecule has 2 nitrogen and oxygen atoms in total. The smallest absolute Gasteiger partial charge is 0.0524 e. The zero-order chi connectivity index (χ0) is 14.9. The van der Waals surface area contributed by atoms with Gasteiger partial charge < -0.3 is 10.4 Å². The highest BCUT2D eigenvalue weighted by molar-refractivity contribution is 4.53. The molecular weight excluding hydrogens is 246 g/mol. The minimum atomic E-state index is -0.163. The summed E-state index contributed by atoms with van der Waals surface area (Å²) >= 11 is 0. The van der Waals surface area contributed by atoms with Crippen molar-refractivity contribution in [2.45, 2.75) is 103 Å². The summed E-state index contributed by atoms with van der Waals surface area (Å²) in [4.78, 5) is 0. The summed E-state index contributed by atoms with van der Waals surface area (Å²) in [6.45, 7) is 6.20. The van der Waals surface area contributed by atoms with E-state index < -0.39 is 0 Å². The second-order valence-electron chi connectivity index (χ2n) is 6.28. The summed E-state index contributed by atoms with van der Waals surface area (Å²) in [5, 5.41) is 12.5. The highest BCUT2D eigenvalue weighted by Crippen LogP contribution is 2.11. The quantitative estimate of drug-likeness (QED) is 0.389. The van der Waals surface area contributed by atoms with Gasteiger partial charge in [-0.3, -0.25) is 0 Å². The average molecular weight is 286 g/mol. The zero-order valence-electron chi connectivity index (χ0n) is 14.1. The van der Waals surface area contributed by atoms with Gasteiger partial charge in [0.2, 0.25) is 0 Å². The van der Waals surface area contributed by atoms with Gasteiger partial charge in [0.25, 0.3) is 0 Å². The third kappa shape index (κ3) is 17.9. The number of hydrogen-bond acceptors (Lipinski definition) is 2. The summed E-state index contributed by atoms with van der Waals surface area (Å²) in [5.41, 5.74) is 0. The summed E-state index contributed by atoms with van der Waals surface area (Å²) < 4.78 is 0. The van der Waals surface area contributed by atoms with Crippen molar-refractivity contribution in [1.29, 1.82) is 0 Å². The maximum absolute atomic E-state index is 9.12. The predicted octanol–water partition coefficient (Wildman–Crippen LogP) is 5.05. The van der Waals surface area contributed by atoms with Gasteiger partial charge in [0, 0.05) is 0 Å². The largest absolute Gasteiger partial charge is 0.393 e. The fourth-order valence-electron chi connectivity index (χ4n) is 2.53. The van der Waals surface area contributed by atoms with Crippen molar-refractivity contribution >= 4 is 0 Å². The lowest BCUT2D eigenvalue weighted by molar-refractivity contribution is 0.184. The summed E-state index contributed by atoms with van der Waals surface area (Å²) in [5.74, 6) is 0. The van der Waals surface area contributed by atoms with Crippen LogP contribution in [0.3, 0.4) is 0 Å². The van der Waals surface area contributed by atoms with Gasteiger partial charge in [-0.05, 0) is 32.9 Å². The van der Waals surface area contributed by atoms with Crippen LogP contribution in [0, 0.1) is 0 Å². The summed E-state index contributed by atoms with van der Waals surface area (Å²) in [6, 6.07) is 0. The molecule has 0 heterocycles. The van der Waals surface area contributed by atoms with E-state index in [2.05, 4.69) is 12.2 Å². The van der Waals surface area contributed by atoms with Crippen molar-refractivity contribution in [3.63, 3.8) is 0 Å². The first kappa shape index (κ1) is 19.9. The Hall–Kier alpha value is -0.0800. The molecule has 0 spiro atoms. The van der Waals surface area contributed by atoms with Gasteiger partial charge >= 0.3 is 0 Å². The van der Waals surface area contributed by atoms with E-state index in [-0.39, 0.29) is 6.10 Å². The first-order chi connectivity index (χ1) is 9.77. The molecule has 0 amide bonds. The van der Waals surface area contributed by atoms with Crippen LogP contribution in [0.5, 0.6) is 0 Å². The maximum atomic E-state index is 9.12. The summed E-state index contributed by atoms with van der Waals surface area (Å²) in [6.07, 6.45) is 17.6. The van der Waals surface area contributed by atoms with E-state index in [0.29, 0.717) is 0 Å². The van der Waals surface area contributed by atoms with Crippen LogP contribution in [0.15, 0.2) is 0 Å². The van der Waals surface area contributed by atoms with Gasteiger partial charge in [0.1, 0.15) is 0 Å². The van der Waals surface area contributed by atoms with Crippen LogP contribution in [0.25, 0.3) is 0 Å². The number of aliphatic hydroxyl groups is 1. The van der Waals surface area contributed by atoms with Crippen molar-refractivity contribution in [1.82, 2.24) is 5.32 Å². The molecule has 0 unspecified atom stereocenters. The van der Waals surface area contributed by atoms with Gasteiger partial charge in [-0.2, -0.15) is 0 Å². The second-order valence-corrected chi connectivity index (χ2v) is 6.28. The molecule has 0 fully saturated rings. The van der Waals surface area contributed by atoms with E-state index in [9.17, 15) is 0 Å². The minimum absolute atomic E-state index is 0.163. The Bertz CT molecular complexity index is 171. The second kappa shape index (κ2) is 17.0. The average Bonchev–Trinajstić information content (AvgIpc) is 2.43. The monoisotopic (exact) mass is 285 g/mol. The van der Waals surface area contributed by atoms with Crippen LogP contribution in [-0.2, 0) is 0 Å². The Morgan fingerprint density at radius 1 is 0.700 bits per heavy atom. The zero-order valence-corrected chi connectivity index (χ0v) is 14.1. The van der Waals surface area contributed by atoms with Gasteiger partial charge in [-0.25, -0.2) is 0 Å². The molecule has 2 N–H and O–H groups in total. The van der Waals surface area contributed by atoms with E-state index >= 15 is 0 Å². The normalized spacial score (nSPS) is 12.8. The van der Waals surface area contributed by atoms with Crippen LogP contribution in [-0.4, -0.2) is 24.3 Å². The molecule has 2 heteroatoms. The lowest BCUT2D eigenvalue weighted by Crippen LogP contribution is -2.20. The van der Waals surface area contributed by atoms with Gasteiger partial charge in [0.15, 0.2) is 0 Å². The van der Waals surface area contributed by atoms with Gasteiger partial charge in [0.05, 0.1) is 6.10 Å². The van der Waals surface area contributed by atoms with Gasteiger partial charge in [-0.15, -0.1) is 0 Å². The first-order valence-corrected chi connectivity index (χ1v) is 9.16. The molecule has 0 aromatic carbocycles. The number of nitrogens with one attached hydrogen (secondary N) is 1. The molecule has 20 heavy (non-hydrogen) atoms. The Labute approximate surface area is 127 Å². The van der Waals surface area contributed by atoms with Crippen molar-refractivity contribution in [2.75, 3.05) is 13.1 Å². The van der Waals surface area contributed by atoms with E-state index in [1.807, 2.05) is 6.92 Å². The molecule has 0 radical (unpaired) electrons. The number of hydrogen-bond donors (Lipinski definition) is 2. The van der Waals surface area contributed by atoms with Crippen molar-refractivity contribution < 1.29 is 5.11 Å². The van der Waals surface area contributed by atoms with E-state index in [1.165, 1.54) is 77.0 Å². The Morgan fingerprint density at radius 2 is 1.15 bits per heavy atom. The lowest BCUT2D eigenvalue weighted by Gasteiger charge is -2.06. The fraction of sp³-hybridized carbons (Fsp3) is 1.00. The highest BCUT2D eigenvalue weighted by atomic mass is 16.3. The van der Waals surface area contributed by atoms with Crippen LogP contribution < -0.4 is 5.32 Å². The Balaban J connectivity index is 2.92. The Kier molecular flexibility index (Phi) is 16.9. The summed E-state index contributed by atoms with van der Waals surface area (Å²) in [7, 11) is 0. The fourth-order valence-corrected chi connectivity index (χ4v) is 2.53. The van der Waals surface area contributed by atoms with E-state index in [0.717, 1.165) is 19.5 Å². The molecule has 0 saturated carbocycles. The third-order valence-corrected chi connectivity index (χ3v) is 3.95. The highest BCUT2D eigenvalue weighted by Gasteiger charge is 1.95. The standard InChI is InChI=1S/C18H39NO/c1-3-4-5-6-7-8-9-10-11-12-13-14-16-19-17-15-18(2)20/h18-20H,3-17H2,1-2H3/t18-/m0/s1. The van der Waals surface area contributed by atoms with Crippen molar-refractivity contribution in [2.24, 2.45) is 0 Å². The van der Waals surface area contributed by atoms with E-state index in [1.54, 1.807) is 0 Å². The van der Waals surface area contributed by atoms with Crippen molar-refractivity contribution in [3.05, 3.63) is 0 Å². The van der Waals surface area contributed by atoms with Crippen LogP contribution in [0.1, 0.15) is 97.3 Å². The van der Waals surface area contributed by atoms with Gasteiger partial charge in [-0.1, -0.05) is 77.6 Å². The molecule has 0 aliphatic rings. The SMILES string of the molecule is CCCCCCCCCCCCCCNCC[C@H](C)O. The molecule has 0 aliphatic carbocycles.